The molecule has 126 valence electrons. The number of nitrogens with one attached hydrogen (secondary N) is 1. The number of aliphatic imine (C=N–C) groups is 1. The Balaban J connectivity index is 1.77. The Hall–Kier alpha value is -2.78. The number of ketones is 1. The maximum Gasteiger partial charge on any atom is 0.209 e. The van der Waals surface area contributed by atoms with E-state index in [0.29, 0.717) is 0 Å². The molecular weight excluding hydrogens is 320 g/mol. The topological polar surface area (TPSA) is 41.5 Å². The summed E-state index contributed by atoms with van der Waals surface area (Å²) < 4.78 is 0. The van der Waals surface area contributed by atoms with Gasteiger partial charge in [0.05, 0.1) is 11.4 Å². The summed E-state index contributed by atoms with van der Waals surface area (Å²) in [6.45, 7) is 1.86. The van der Waals surface area contributed by atoms with Crippen molar-refractivity contribution in [2.45, 2.75) is 18.3 Å². The molecule has 2 bridgehead atoms. The van der Waals surface area contributed by atoms with E-state index in [9.17, 15) is 4.79 Å². The number of hydrogen-bond acceptors (Lipinski definition) is 3. The van der Waals surface area contributed by atoms with Crippen LogP contribution in [0.1, 0.15) is 28.8 Å². The number of piperidine rings is 1. The Morgan fingerprint density at radius 1 is 0.885 bits per heavy atom. The lowest BCUT2D eigenvalue weighted by atomic mass is 9.69. The van der Waals surface area contributed by atoms with Gasteiger partial charge in [-0.2, -0.15) is 0 Å². The van der Waals surface area contributed by atoms with Crippen molar-refractivity contribution in [3.8, 4) is 11.1 Å². The van der Waals surface area contributed by atoms with Crippen molar-refractivity contribution in [2.75, 3.05) is 13.1 Å². The minimum absolute atomic E-state index is 0.116. The monoisotopic (exact) mass is 338 g/mol. The zero-order chi connectivity index (χ0) is 17.3. The van der Waals surface area contributed by atoms with E-state index in [1.807, 2.05) is 12.1 Å². The van der Waals surface area contributed by atoms with Crippen LogP contribution in [0.25, 0.3) is 21.9 Å². The van der Waals surface area contributed by atoms with Crippen LogP contribution in [0.15, 0.2) is 59.6 Å². The molecule has 0 saturated carbocycles. The van der Waals surface area contributed by atoms with Crippen LogP contribution < -0.4 is 5.32 Å². The first kappa shape index (κ1) is 14.4. The first-order chi connectivity index (χ1) is 12.8. The van der Waals surface area contributed by atoms with Crippen molar-refractivity contribution in [2.24, 2.45) is 4.99 Å². The number of benzene rings is 3. The summed E-state index contributed by atoms with van der Waals surface area (Å²) in [7, 11) is 0. The number of carbonyl (C=O) groups is 1. The third kappa shape index (κ3) is 1.62. The molecule has 26 heavy (non-hydrogen) atoms. The van der Waals surface area contributed by atoms with Gasteiger partial charge < -0.3 is 5.32 Å². The van der Waals surface area contributed by atoms with Gasteiger partial charge in [0.1, 0.15) is 0 Å². The van der Waals surface area contributed by atoms with Gasteiger partial charge in [0.25, 0.3) is 0 Å². The molecule has 0 unspecified atom stereocenters. The summed E-state index contributed by atoms with van der Waals surface area (Å²) >= 11 is 0. The fourth-order valence-electron chi connectivity index (χ4n) is 5.17. The standard InChI is InChI=1S/C23H18N2O/c26-21-19-15-5-2-1-4-14(15)8-9-16(19)17-6-3-7-18-20(17)23(22(21)25-18)10-12-24-13-11-23/h1-9,24H,10-13H2. The molecule has 3 heteroatoms. The van der Waals surface area contributed by atoms with E-state index < -0.39 is 0 Å². The van der Waals surface area contributed by atoms with Gasteiger partial charge in [-0.15, -0.1) is 0 Å². The largest absolute Gasteiger partial charge is 0.317 e. The molecular formula is C23H18N2O. The second-order valence-electron chi connectivity index (χ2n) is 7.53. The molecule has 1 fully saturated rings. The van der Waals surface area contributed by atoms with E-state index >= 15 is 0 Å². The molecule has 3 aromatic rings. The summed E-state index contributed by atoms with van der Waals surface area (Å²) in [6, 6.07) is 18.8. The number of fused-ring (bicyclic) bond motifs is 4. The summed E-state index contributed by atoms with van der Waals surface area (Å²) in [5.41, 5.74) is 5.88. The molecule has 6 rings (SSSR count). The Kier molecular flexibility index (Phi) is 2.71. The van der Waals surface area contributed by atoms with E-state index in [1.165, 1.54) is 11.1 Å². The molecule has 0 amide bonds. The number of Topliss-reactive ketones (excluding diaryl/α,β-unsaturated/α-hetero) is 1. The Bertz CT molecular complexity index is 1140. The molecule has 1 N–H and O–H groups in total. The van der Waals surface area contributed by atoms with Crippen LogP contribution in [0.2, 0.25) is 0 Å². The van der Waals surface area contributed by atoms with Crippen molar-refractivity contribution in [1.29, 1.82) is 0 Å². The van der Waals surface area contributed by atoms with Gasteiger partial charge in [-0.25, -0.2) is 4.99 Å². The van der Waals surface area contributed by atoms with Crippen LogP contribution in [-0.2, 0) is 5.41 Å². The zero-order valence-corrected chi connectivity index (χ0v) is 14.4. The molecule has 0 aromatic heterocycles. The average molecular weight is 338 g/mol. The second kappa shape index (κ2) is 4.89. The van der Waals surface area contributed by atoms with Gasteiger partial charge in [0.2, 0.25) is 5.78 Å². The zero-order valence-electron chi connectivity index (χ0n) is 14.4. The molecule has 2 aliphatic heterocycles. The summed E-state index contributed by atoms with van der Waals surface area (Å²) in [4.78, 5) is 18.7. The predicted molar refractivity (Wildman–Crippen MR) is 105 cm³/mol. The minimum Gasteiger partial charge on any atom is -0.317 e. The second-order valence-corrected chi connectivity index (χ2v) is 7.53. The van der Waals surface area contributed by atoms with Crippen molar-refractivity contribution >= 4 is 28.0 Å². The van der Waals surface area contributed by atoms with Crippen molar-refractivity contribution in [3.63, 3.8) is 0 Å². The van der Waals surface area contributed by atoms with E-state index in [1.54, 1.807) is 0 Å². The highest BCUT2D eigenvalue weighted by Crippen LogP contribution is 2.53. The van der Waals surface area contributed by atoms with Gasteiger partial charge >= 0.3 is 0 Å². The van der Waals surface area contributed by atoms with Gasteiger partial charge in [-0.1, -0.05) is 48.5 Å². The van der Waals surface area contributed by atoms with E-state index in [-0.39, 0.29) is 11.2 Å². The SMILES string of the molecule is O=C1C2=Nc3cccc(c3C23CCNCC3)-c2ccc3ccccc3c21. The summed E-state index contributed by atoms with van der Waals surface area (Å²) in [6.07, 6.45) is 1.88. The lowest BCUT2D eigenvalue weighted by Gasteiger charge is -2.35. The first-order valence-corrected chi connectivity index (χ1v) is 9.30. The molecule has 1 spiro atoms. The molecule has 3 aromatic carbocycles. The Morgan fingerprint density at radius 2 is 1.73 bits per heavy atom. The summed E-state index contributed by atoms with van der Waals surface area (Å²) in [5, 5.41) is 5.59. The van der Waals surface area contributed by atoms with Crippen LogP contribution in [0.4, 0.5) is 5.69 Å². The summed E-state index contributed by atoms with van der Waals surface area (Å²) in [5.74, 6) is 0.116. The van der Waals surface area contributed by atoms with Crippen LogP contribution in [-0.4, -0.2) is 24.6 Å². The average Bonchev–Trinajstić information content (AvgIpc) is 2.97. The molecule has 2 heterocycles. The normalized spacial score (nSPS) is 19.4. The first-order valence-electron chi connectivity index (χ1n) is 9.30. The third-order valence-corrected chi connectivity index (χ3v) is 6.33. The highest BCUT2D eigenvalue weighted by atomic mass is 16.1. The third-order valence-electron chi connectivity index (χ3n) is 6.33. The maximum absolute atomic E-state index is 13.8. The maximum atomic E-state index is 13.8. The van der Waals surface area contributed by atoms with Crippen LogP contribution in [0.5, 0.6) is 0 Å². The fraction of sp³-hybridized carbons (Fsp3) is 0.217. The molecule has 1 saturated heterocycles. The number of carbonyl (C=O) groups excluding carboxylic acids is 1. The van der Waals surface area contributed by atoms with Crippen LogP contribution in [0.3, 0.4) is 0 Å². The van der Waals surface area contributed by atoms with E-state index in [2.05, 4.69) is 47.8 Å². The molecule has 3 nitrogen and oxygen atoms in total. The van der Waals surface area contributed by atoms with Crippen molar-refractivity contribution in [1.82, 2.24) is 5.32 Å². The number of hydrogen-bond donors (Lipinski definition) is 1. The lowest BCUT2D eigenvalue weighted by molar-refractivity contribution is 0.106. The highest BCUT2D eigenvalue weighted by molar-refractivity contribution is 6.54. The predicted octanol–water partition coefficient (Wildman–Crippen LogP) is 4.41. The molecule has 0 radical (unpaired) electrons. The smallest absolute Gasteiger partial charge is 0.209 e. The van der Waals surface area contributed by atoms with Crippen LogP contribution >= 0.6 is 0 Å². The molecule has 1 aliphatic carbocycles. The molecule has 3 aliphatic rings. The Labute approximate surface area is 151 Å². The van der Waals surface area contributed by atoms with Crippen molar-refractivity contribution < 1.29 is 4.79 Å². The van der Waals surface area contributed by atoms with E-state index in [4.69, 9.17) is 4.99 Å². The minimum atomic E-state index is -0.228. The number of rotatable bonds is 0. The quantitative estimate of drug-likeness (QED) is 0.660. The van der Waals surface area contributed by atoms with E-state index in [0.717, 1.165) is 59.2 Å². The highest BCUT2D eigenvalue weighted by Gasteiger charge is 2.50. The molecule has 0 atom stereocenters. The van der Waals surface area contributed by atoms with Crippen molar-refractivity contribution in [3.05, 3.63) is 65.7 Å². The van der Waals surface area contributed by atoms with Gasteiger partial charge in [-0.3, -0.25) is 4.79 Å². The van der Waals surface area contributed by atoms with Gasteiger partial charge in [-0.05, 0) is 59.5 Å². The number of nitrogens with zero attached hydrogens (tertiary/aromatic N) is 1. The fourth-order valence-corrected chi connectivity index (χ4v) is 5.17. The van der Waals surface area contributed by atoms with Crippen LogP contribution in [0, 0.1) is 0 Å². The van der Waals surface area contributed by atoms with Gasteiger partial charge in [0.15, 0.2) is 0 Å². The van der Waals surface area contributed by atoms with Gasteiger partial charge in [0, 0.05) is 11.0 Å². The lowest BCUT2D eigenvalue weighted by Crippen LogP contribution is -2.46. The Morgan fingerprint density at radius 3 is 2.62 bits per heavy atom.